The predicted molar refractivity (Wildman–Crippen MR) is 118 cm³/mol. The van der Waals surface area contributed by atoms with Gasteiger partial charge in [0.05, 0.1) is 11.1 Å². The first-order chi connectivity index (χ1) is 14.5. The van der Waals surface area contributed by atoms with E-state index in [4.69, 9.17) is 0 Å². The van der Waals surface area contributed by atoms with Gasteiger partial charge < -0.3 is 5.32 Å². The number of hydrogen-bond donors (Lipinski definition) is 1. The van der Waals surface area contributed by atoms with Gasteiger partial charge in [0, 0.05) is 25.2 Å². The zero-order valence-electron chi connectivity index (χ0n) is 16.5. The predicted octanol–water partition coefficient (Wildman–Crippen LogP) is 3.91. The van der Waals surface area contributed by atoms with E-state index in [0.29, 0.717) is 18.0 Å². The largest absolute Gasteiger partial charge is 0.347 e. The molecule has 8 heteroatoms. The molecule has 1 fully saturated rings. The van der Waals surface area contributed by atoms with Crippen LogP contribution in [0, 0.1) is 0 Å². The van der Waals surface area contributed by atoms with Crippen molar-refractivity contribution < 1.29 is 13.2 Å². The summed E-state index contributed by atoms with van der Waals surface area (Å²) in [7, 11) is -3.49. The fraction of sp³-hybridized carbons (Fsp3) is 0.273. The molecule has 6 nitrogen and oxygen atoms in total. The molecular formula is C22H23N3O3S2. The number of aromatic nitrogens is 1. The number of piperidine rings is 1. The number of rotatable bonds is 6. The van der Waals surface area contributed by atoms with Gasteiger partial charge in [-0.25, -0.2) is 13.4 Å². The van der Waals surface area contributed by atoms with Crippen molar-refractivity contribution in [2.75, 3.05) is 13.1 Å². The van der Waals surface area contributed by atoms with Crippen LogP contribution in [0.5, 0.6) is 0 Å². The van der Waals surface area contributed by atoms with E-state index in [2.05, 4.69) is 10.3 Å². The number of benzene rings is 2. The van der Waals surface area contributed by atoms with E-state index >= 15 is 0 Å². The number of hydrogen-bond acceptors (Lipinski definition) is 5. The molecule has 0 saturated carbocycles. The Hall–Kier alpha value is -2.55. The van der Waals surface area contributed by atoms with Crippen LogP contribution in [0.25, 0.3) is 10.6 Å². The Kier molecular flexibility index (Phi) is 6.26. The van der Waals surface area contributed by atoms with Crippen molar-refractivity contribution in [3.8, 4) is 10.6 Å². The average molecular weight is 442 g/mol. The van der Waals surface area contributed by atoms with Gasteiger partial charge in [-0.1, -0.05) is 48.9 Å². The van der Waals surface area contributed by atoms with Crippen molar-refractivity contribution in [2.24, 2.45) is 0 Å². The molecule has 30 heavy (non-hydrogen) atoms. The topological polar surface area (TPSA) is 79.4 Å². The quantitative estimate of drug-likeness (QED) is 0.629. The number of carbonyl (C=O) groups is 1. The molecule has 0 atom stereocenters. The molecule has 1 aliphatic rings. The summed E-state index contributed by atoms with van der Waals surface area (Å²) in [5.41, 5.74) is 1.71. The maximum atomic E-state index is 12.9. The van der Waals surface area contributed by atoms with Crippen LogP contribution in [0.2, 0.25) is 0 Å². The fourth-order valence-electron chi connectivity index (χ4n) is 3.43. The van der Waals surface area contributed by atoms with Crippen LogP contribution in [0.3, 0.4) is 0 Å². The Labute approximate surface area is 180 Å². The third-order valence-corrected chi connectivity index (χ3v) is 7.99. The van der Waals surface area contributed by atoms with Crippen LogP contribution in [-0.2, 0) is 16.6 Å². The Morgan fingerprint density at radius 2 is 1.80 bits per heavy atom. The summed E-state index contributed by atoms with van der Waals surface area (Å²) in [4.78, 5) is 17.7. The number of sulfonamides is 1. The van der Waals surface area contributed by atoms with Gasteiger partial charge in [-0.3, -0.25) is 4.79 Å². The minimum absolute atomic E-state index is 0.223. The van der Waals surface area contributed by atoms with Gasteiger partial charge in [-0.15, -0.1) is 11.3 Å². The maximum Gasteiger partial charge on any atom is 0.263 e. The molecule has 1 amide bonds. The molecule has 1 saturated heterocycles. The number of nitrogens with zero attached hydrogens (tertiary/aromatic N) is 2. The van der Waals surface area contributed by atoms with Gasteiger partial charge in [-0.05, 0) is 30.5 Å². The zero-order chi connectivity index (χ0) is 21.0. The summed E-state index contributed by atoms with van der Waals surface area (Å²) in [6.45, 7) is 1.39. The highest BCUT2D eigenvalue weighted by Gasteiger charge is 2.26. The van der Waals surface area contributed by atoms with Crippen molar-refractivity contribution in [3.63, 3.8) is 0 Å². The van der Waals surface area contributed by atoms with Crippen LogP contribution < -0.4 is 5.32 Å². The highest BCUT2D eigenvalue weighted by molar-refractivity contribution is 7.89. The monoisotopic (exact) mass is 441 g/mol. The molecule has 2 aromatic carbocycles. The molecule has 2 heterocycles. The molecule has 0 aliphatic carbocycles. The number of amides is 1. The Morgan fingerprint density at radius 1 is 1.03 bits per heavy atom. The molecule has 0 bridgehead atoms. The third-order valence-electron chi connectivity index (χ3n) is 5.05. The smallest absolute Gasteiger partial charge is 0.263 e. The van der Waals surface area contributed by atoms with E-state index in [0.717, 1.165) is 35.4 Å². The molecule has 4 rings (SSSR count). The second-order valence-corrected chi connectivity index (χ2v) is 10.2. The van der Waals surface area contributed by atoms with Gasteiger partial charge in [0.25, 0.3) is 5.91 Å². The van der Waals surface area contributed by atoms with Crippen molar-refractivity contribution >= 4 is 27.3 Å². The molecular weight excluding hydrogens is 418 g/mol. The summed E-state index contributed by atoms with van der Waals surface area (Å²) in [6, 6.07) is 16.5. The lowest BCUT2D eigenvalue weighted by Gasteiger charge is -2.26. The minimum Gasteiger partial charge on any atom is -0.347 e. The second-order valence-electron chi connectivity index (χ2n) is 7.19. The van der Waals surface area contributed by atoms with Gasteiger partial charge in [-0.2, -0.15) is 4.31 Å². The normalized spacial score (nSPS) is 15.1. The average Bonchev–Trinajstić information content (AvgIpc) is 3.29. The molecule has 0 spiro atoms. The SMILES string of the molecule is O=C(NCc1cccc(S(=O)(=O)N2CCCCC2)c1)c1cnc(-c2ccccc2)s1. The maximum absolute atomic E-state index is 12.9. The lowest BCUT2D eigenvalue weighted by Crippen LogP contribution is -2.35. The first-order valence-electron chi connectivity index (χ1n) is 9.92. The summed E-state index contributed by atoms with van der Waals surface area (Å²) in [5.74, 6) is -0.223. The lowest BCUT2D eigenvalue weighted by molar-refractivity contribution is 0.0954. The number of carbonyl (C=O) groups excluding carboxylic acids is 1. The van der Waals surface area contributed by atoms with Gasteiger partial charge in [0.15, 0.2) is 0 Å². The lowest BCUT2D eigenvalue weighted by atomic mass is 10.2. The highest BCUT2D eigenvalue weighted by Crippen LogP contribution is 2.25. The van der Waals surface area contributed by atoms with Crippen LogP contribution in [0.4, 0.5) is 0 Å². The van der Waals surface area contributed by atoms with Crippen molar-refractivity contribution in [1.82, 2.24) is 14.6 Å². The summed E-state index contributed by atoms with van der Waals surface area (Å²) < 4.78 is 27.3. The van der Waals surface area contributed by atoms with Gasteiger partial charge in [0.2, 0.25) is 10.0 Å². The molecule has 1 N–H and O–H groups in total. The second kappa shape index (κ2) is 9.07. The van der Waals surface area contributed by atoms with Gasteiger partial charge in [0.1, 0.15) is 9.88 Å². The van der Waals surface area contributed by atoms with E-state index < -0.39 is 10.0 Å². The standard InChI is InChI=1S/C22H23N3O3S2/c26-21(20-16-24-22(29-20)18-9-3-1-4-10-18)23-15-17-8-7-11-19(14-17)30(27,28)25-12-5-2-6-13-25/h1,3-4,7-11,14,16H,2,5-6,12-13,15H2,(H,23,26). The van der Waals surface area contributed by atoms with Crippen LogP contribution in [-0.4, -0.2) is 36.7 Å². The first-order valence-corrected chi connectivity index (χ1v) is 12.2. The summed E-state index contributed by atoms with van der Waals surface area (Å²) in [5, 5.41) is 3.65. The number of nitrogens with one attached hydrogen (secondary N) is 1. The summed E-state index contributed by atoms with van der Waals surface area (Å²) >= 11 is 1.33. The molecule has 0 radical (unpaired) electrons. The van der Waals surface area contributed by atoms with Crippen molar-refractivity contribution in [3.05, 3.63) is 71.2 Å². The Morgan fingerprint density at radius 3 is 2.57 bits per heavy atom. The van der Waals surface area contributed by atoms with Crippen molar-refractivity contribution in [1.29, 1.82) is 0 Å². The Bertz CT molecular complexity index is 1120. The minimum atomic E-state index is -3.49. The van der Waals surface area contributed by atoms with E-state index in [9.17, 15) is 13.2 Å². The zero-order valence-corrected chi connectivity index (χ0v) is 18.1. The highest BCUT2D eigenvalue weighted by atomic mass is 32.2. The van der Waals surface area contributed by atoms with E-state index in [-0.39, 0.29) is 17.3 Å². The molecule has 1 aromatic heterocycles. The van der Waals surface area contributed by atoms with Gasteiger partial charge >= 0.3 is 0 Å². The summed E-state index contributed by atoms with van der Waals surface area (Å²) in [6.07, 6.45) is 4.44. The van der Waals surface area contributed by atoms with Crippen LogP contribution in [0.15, 0.2) is 65.7 Å². The third kappa shape index (κ3) is 4.61. The molecule has 156 valence electrons. The first kappa shape index (κ1) is 20.7. The van der Waals surface area contributed by atoms with Crippen LogP contribution in [0.1, 0.15) is 34.5 Å². The Balaban J connectivity index is 1.42. The van der Waals surface area contributed by atoms with E-state index in [1.54, 1.807) is 28.7 Å². The van der Waals surface area contributed by atoms with Crippen molar-refractivity contribution in [2.45, 2.75) is 30.7 Å². The molecule has 1 aliphatic heterocycles. The van der Waals surface area contributed by atoms with E-state index in [1.807, 2.05) is 36.4 Å². The van der Waals surface area contributed by atoms with E-state index in [1.165, 1.54) is 11.3 Å². The fourth-order valence-corrected chi connectivity index (χ4v) is 5.86. The molecule has 3 aromatic rings. The molecule has 0 unspecified atom stereocenters. The van der Waals surface area contributed by atoms with Crippen LogP contribution >= 0.6 is 11.3 Å². The number of thiazole rings is 1.